The number of hydrogen-bond acceptors (Lipinski definition) is 1. The summed E-state index contributed by atoms with van der Waals surface area (Å²) in [4.78, 5) is 11.0. The van der Waals surface area contributed by atoms with Crippen molar-refractivity contribution in [2.24, 2.45) is 5.92 Å². The molecule has 0 rings (SSSR count). The molecule has 0 heterocycles. The first-order valence-electron chi connectivity index (χ1n) is 5.23. The Morgan fingerprint density at radius 2 is 2.00 bits per heavy atom. The van der Waals surface area contributed by atoms with Gasteiger partial charge in [-0.2, -0.15) is 0 Å². The summed E-state index contributed by atoms with van der Waals surface area (Å²) in [6, 6.07) is 0. The predicted octanol–water partition coefficient (Wildman–Crippen LogP) is 3.74. The molecule has 76 valence electrons. The molecule has 0 aliphatic carbocycles. The molecule has 0 aromatic heterocycles. The maximum absolute atomic E-state index is 11.0. The molecule has 0 N–H and O–H groups in total. The molecule has 0 aromatic rings. The summed E-state index contributed by atoms with van der Waals surface area (Å²) in [5, 5.41) is 0. The van der Waals surface area contributed by atoms with Crippen LogP contribution in [-0.4, -0.2) is 5.78 Å². The van der Waals surface area contributed by atoms with Gasteiger partial charge in [0.05, 0.1) is 0 Å². The molecule has 0 radical (unpaired) electrons. The smallest absolute Gasteiger partial charge is 0.132 e. The van der Waals surface area contributed by atoms with Crippen molar-refractivity contribution in [2.45, 2.75) is 53.4 Å². The highest BCUT2D eigenvalue weighted by molar-refractivity contribution is 5.78. The third-order valence-corrected chi connectivity index (χ3v) is 2.04. The van der Waals surface area contributed by atoms with Gasteiger partial charge in [-0.25, -0.2) is 0 Å². The van der Waals surface area contributed by atoms with Gasteiger partial charge < -0.3 is 0 Å². The molecule has 0 aromatic carbocycles. The molecule has 0 spiro atoms. The lowest BCUT2D eigenvalue weighted by molar-refractivity contribution is -0.118. The van der Waals surface area contributed by atoms with Gasteiger partial charge in [0.1, 0.15) is 5.78 Å². The van der Waals surface area contributed by atoms with Crippen LogP contribution in [0.4, 0.5) is 0 Å². The van der Waals surface area contributed by atoms with E-state index in [1.165, 1.54) is 5.57 Å². The largest absolute Gasteiger partial charge is 0.300 e. The van der Waals surface area contributed by atoms with Crippen LogP contribution in [0.1, 0.15) is 53.4 Å². The molecule has 0 atom stereocenters. The van der Waals surface area contributed by atoms with Crippen molar-refractivity contribution < 1.29 is 4.79 Å². The zero-order valence-corrected chi connectivity index (χ0v) is 9.39. The number of ketones is 1. The van der Waals surface area contributed by atoms with Crippen molar-refractivity contribution in [3.8, 4) is 0 Å². The van der Waals surface area contributed by atoms with E-state index in [4.69, 9.17) is 0 Å². The van der Waals surface area contributed by atoms with Gasteiger partial charge in [-0.15, -0.1) is 0 Å². The van der Waals surface area contributed by atoms with Gasteiger partial charge in [-0.3, -0.25) is 4.79 Å². The van der Waals surface area contributed by atoms with Crippen molar-refractivity contribution >= 4 is 5.78 Å². The predicted molar refractivity (Wildman–Crippen MR) is 57.7 cm³/mol. The lowest BCUT2D eigenvalue weighted by atomic mass is 10.0. The van der Waals surface area contributed by atoms with Crippen molar-refractivity contribution in [3.63, 3.8) is 0 Å². The summed E-state index contributed by atoms with van der Waals surface area (Å²) in [5.41, 5.74) is 1.42. The highest BCUT2D eigenvalue weighted by Crippen LogP contribution is 2.11. The lowest BCUT2D eigenvalue weighted by Gasteiger charge is -2.04. The van der Waals surface area contributed by atoms with E-state index in [1.807, 2.05) is 6.92 Å². The minimum atomic E-state index is 0.369. The number of hydrogen-bond donors (Lipinski definition) is 0. The summed E-state index contributed by atoms with van der Waals surface area (Å²) in [5.74, 6) is 1.09. The van der Waals surface area contributed by atoms with E-state index < -0.39 is 0 Å². The highest BCUT2D eigenvalue weighted by atomic mass is 16.1. The zero-order valence-electron chi connectivity index (χ0n) is 9.39. The quantitative estimate of drug-likeness (QED) is 0.572. The van der Waals surface area contributed by atoms with Crippen LogP contribution in [0.15, 0.2) is 11.6 Å². The van der Waals surface area contributed by atoms with Crippen LogP contribution in [0.25, 0.3) is 0 Å². The molecule has 0 fully saturated rings. The van der Waals surface area contributed by atoms with Crippen LogP contribution < -0.4 is 0 Å². The van der Waals surface area contributed by atoms with Crippen LogP contribution in [0.3, 0.4) is 0 Å². The molecule has 13 heavy (non-hydrogen) atoms. The van der Waals surface area contributed by atoms with E-state index in [1.54, 1.807) is 0 Å². The molecular weight excluding hydrogens is 160 g/mol. The normalized spacial score (nSPS) is 12.2. The summed E-state index contributed by atoms with van der Waals surface area (Å²) < 4.78 is 0. The van der Waals surface area contributed by atoms with Gasteiger partial charge in [-0.1, -0.05) is 32.4 Å². The lowest BCUT2D eigenvalue weighted by Crippen LogP contribution is -1.94. The fourth-order valence-electron chi connectivity index (χ4n) is 1.38. The second-order valence-corrected chi connectivity index (χ2v) is 4.08. The van der Waals surface area contributed by atoms with E-state index in [-0.39, 0.29) is 0 Å². The Labute approximate surface area is 82.2 Å². The number of Topliss-reactive ketones (excluding diaryl/α,β-unsaturated/α-hetero) is 1. The molecule has 0 aliphatic rings. The number of carbonyl (C=O) groups is 1. The van der Waals surface area contributed by atoms with Crippen LogP contribution in [0.2, 0.25) is 0 Å². The standard InChI is InChI=1S/C12H22O/c1-5-12(13)8-6-7-11(4)9-10(2)3/h7,10H,5-6,8-9H2,1-4H3/b11-7+. The Morgan fingerprint density at radius 3 is 2.46 bits per heavy atom. The van der Waals surface area contributed by atoms with Crippen molar-refractivity contribution in [1.82, 2.24) is 0 Å². The van der Waals surface area contributed by atoms with Crippen molar-refractivity contribution in [1.29, 1.82) is 0 Å². The molecule has 0 aliphatic heterocycles. The molecular formula is C12H22O. The Kier molecular flexibility index (Phi) is 6.56. The van der Waals surface area contributed by atoms with Gasteiger partial charge in [0.2, 0.25) is 0 Å². The van der Waals surface area contributed by atoms with Crippen LogP contribution >= 0.6 is 0 Å². The van der Waals surface area contributed by atoms with E-state index >= 15 is 0 Å². The Morgan fingerprint density at radius 1 is 1.38 bits per heavy atom. The van der Waals surface area contributed by atoms with Crippen molar-refractivity contribution in [2.75, 3.05) is 0 Å². The molecule has 0 saturated heterocycles. The Bertz CT molecular complexity index is 178. The monoisotopic (exact) mass is 182 g/mol. The number of rotatable bonds is 6. The minimum Gasteiger partial charge on any atom is -0.300 e. The third-order valence-electron chi connectivity index (χ3n) is 2.04. The van der Waals surface area contributed by atoms with Crippen LogP contribution in [0.5, 0.6) is 0 Å². The zero-order chi connectivity index (χ0) is 10.3. The van der Waals surface area contributed by atoms with Gasteiger partial charge in [0.15, 0.2) is 0 Å². The first-order chi connectivity index (χ1) is 6.06. The number of carbonyl (C=O) groups excluding carboxylic acids is 1. The SMILES string of the molecule is CCC(=O)CC/C=C(\C)CC(C)C. The number of allylic oxidation sites excluding steroid dienone is 2. The Hall–Kier alpha value is -0.590. The van der Waals surface area contributed by atoms with Gasteiger partial charge >= 0.3 is 0 Å². The molecule has 1 heteroatoms. The summed E-state index contributed by atoms with van der Waals surface area (Å²) in [6.07, 6.45) is 5.67. The first kappa shape index (κ1) is 12.4. The summed E-state index contributed by atoms with van der Waals surface area (Å²) >= 11 is 0. The molecule has 0 saturated carbocycles. The van der Waals surface area contributed by atoms with Crippen LogP contribution in [0, 0.1) is 5.92 Å². The average Bonchev–Trinajstić information content (AvgIpc) is 2.02. The average molecular weight is 182 g/mol. The second kappa shape index (κ2) is 6.88. The highest BCUT2D eigenvalue weighted by Gasteiger charge is 1.97. The topological polar surface area (TPSA) is 17.1 Å². The minimum absolute atomic E-state index is 0.369. The molecule has 0 bridgehead atoms. The fourth-order valence-corrected chi connectivity index (χ4v) is 1.38. The maximum Gasteiger partial charge on any atom is 0.132 e. The molecule has 0 amide bonds. The fraction of sp³-hybridized carbons (Fsp3) is 0.750. The first-order valence-corrected chi connectivity index (χ1v) is 5.23. The summed E-state index contributed by atoms with van der Waals surface area (Å²) in [7, 11) is 0. The van der Waals surface area contributed by atoms with E-state index in [9.17, 15) is 4.79 Å². The van der Waals surface area contributed by atoms with Gasteiger partial charge in [0.25, 0.3) is 0 Å². The second-order valence-electron chi connectivity index (χ2n) is 4.08. The maximum atomic E-state index is 11.0. The van der Waals surface area contributed by atoms with E-state index in [0.29, 0.717) is 18.6 Å². The van der Waals surface area contributed by atoms with Crippen molar-refractivity contribution in [3.05, 3.63) is 11.6 Å². The molecule has 1 nitrogen and oxygen atoms in total. The Balaban J connectivity index is 3.65. The van der Waals surface area contributed by atoms with Crippen LogP contribution in [-0.2, 0) is 4.79 Å². The molecule has 0 unspecified atom stereocenters. The third kappa shape index (κ3) is 7.76. The van der Waals surface area contributed by atoms with E-state index in [2.05, 4.69) is 26.8 Å². The summed E-state index contributed by atoms with van der Waals surface area (Å²) in [6.45, 7) is 8.51. The van der Waals surface area contributed by atoms with Gasteiger partial charge in [0, 0.05) is 12.8 Å². The van der Waals surface area contributed by atoms with E-state index in [0.717, 1.165) is 18.8 Å². The van der Waals surface area contributed by atoms with Gasteiger partial charge in [-0.05, 0) is 25.7 Å².